The summed E-state index contributed by atoms with van der Waals surface area (Å²) in [5.74, 6) is 0.580. The third-order valence-corrected chi connectivity index (χ3v) is 5.48. The maximum absolute atomic E-state index is 13.7. The topological polar surface area (TPSA) is 15.8 Å². The predicted octanol–water partition coefficient (Wildman–Crippen LogP) is 5.16. The highest BCUT2D eigenvalue weighted by Gasteiger charge is 2.32. The molecule has 0 radical (unpaired) electrons. The smallest absolute Gasteiger partial charge is 0.124 e. The van der Waals surface area contributed by atoms with Crippen molar-refractivity contribution in [1.29, 1.82) is 0 Å². The number of hydrogen-bond acceptors (Lipinski definition) is 0. The fourth-order valence-electron chi connectivity index (χ4n) is 3.61. The first-order valence-electron chi connectivity index (χ1n) is 7.72. The number of nitrogens with one attached hydrogen (secondary N) is 1. The Kier molecular flexibility index (Phi) is 3.15. The summed E-state index contributed by atoms with van der Waals surface area (Å²) in [5, 5.41) is 1.11. The van der Waals surface area contributed by atoms with Gasteiger partial charge in [0.25, 0.3) is 0 Å². The molecule has 0 bridgehead atoms. The summed E-state index contributed by atoms with van der Waals surface area (Å²) >= 11 is 0. The molecular formula is C18H24FN. The number of H-pyrrole nitrogens is 1. The standard InChI is InChI=1S/C18H24FN/c1-5-18(3,4)12-6-7-16-14(9-12)15-10-13(19)8-11(2)17(15)20-16/h8,10,12,20H,5-7,9H2,1-4H3. The molecule has 1 aliphatic carbocycles. The van der Waals surface area contributed by atoms with Crippen LogP contribution in [0.25, 0.3) is 10.9 Å². The van der Waals surface area contributed by atoms with E-state index < -0.39 is 0 Å². The molecule has 0 aliphatic heterocycles. The lowest BCUT2D eigenvalue weighted by molar-refractivity contribution is 0.183. The molecule has 1 aliphatic rings. The van der Waals surface area contributed by atoms with Gasteiger partial charge in [-0.2, -0.15) is 0 Å². The second-order valence-electron chi connectivity index (χ2n) is 7.01. The molecule has 20 heavy (non-hydrogen) atoms. The number of rotatable bonds is 2. The van der Waals surface area contributed by atoms with Crippen LogP contribution < -0.4 is 0 Å². The number of aryl methyl sites for hydroxylation is 2. The largest absolute Gasteiger partial charge is 0.358 e. The number of fused-ring (bicyclic) bond motifs is 3. The lowest BCUT2D eigenvalue weighted by Gasteiger charge is -2.36. The van der Waals surface area contributed by atoms with E-state index in [1.165, 1.54) is 24.1 Å². The monoisotopic (exact) mass is 273 g/mol. The maximum atomic E-state index is 13.7. The van der Waals surface area contributed by atoms with E-state index in [0.717, 1.165) is 29.3 Å². The highest BCUT2D eigenvalue weighted by atomic mass is 19.1. The summed E-state index contributed by atoms with van der Waals surface area (Å²) in [6, 6.07) is 3.33. The number of hydrogen-bond donors (Lipinski definition) is 1. The van der Waals surface area contributed by atoms with Crippen molar-refractivity contribution in [3.63, 3.8) is 0 Å². The summed E-state index contributed by atoms with van der Waals surface area (Å²) in [6.45, 7) is 8.99. The number of aromatic amines is 1. The van der Waals surface area contributed by atoms with Crippen LogP contribution in [-0.2, 0) is 12.8 Å². The highest BCUT2D eigenvalue weighted by Crippen LogP contribution is 2.42. The lowest BCUT2D eigenvalue weighted by atomic mass is 9.69. The van der Waals surface area contributed by atoms with Crippen LogP contribution in [0, 0.1) is 24.1 Å². The van der Waals surface area contributed by atoms with Gasteiger partial charge in [-0.25, -0.2) is 4.39 Å². The number of aromatic nitrogens is 1. The van der Waals surface area contributed by atoms with E-state index in [4.69, 9.17) is 0 Å². The molecule has 1 heterocycles. The molecule has 1 atom stereocenters. The molecule has 1 aromatic carbocycles. The van der Waals surface area contributed by atoms with Gasteiger partial charge in [0, 0.05) is 16.6 Å². The van der Waals surface area contributed by atoms with Gasteiger partial charge in [0.1, 0.15) is 5.82 Å². The fourth-order valence-corrected chi connectivity index (χ4v) is 3.61. The SMILES string of the molecule is CCC(C)(C)C1CCc2[nH]c3c(C)cc(F)cc3c2C1. The van der Waals surface area contributed by atoms with E-state index >= 15 is 0 Å². The first-order chi connectivity index (χ1) is 9.42. The van der Waals surface area contributed by atoms with E-state index in [-0.39, 0.29) is 5.82 Å². The molecule has 1 N–H and O–H groups in total. The van der Waals surface area contributed by atoms with Gasteiger partial charge in [-0.3, -0.25) is 0 Å². The van der Waals surface area contributed by atoms with Crippen LogP contribution in [0.4, 0.5) is 4.39 Å². The Morgan fingerprint density at radius 1 is 1.35 bits per heavy atom. The first kappa shape index (κ1) is 13.7. The van der Waals surface area contributed by atoms with Crippen molar-refractivity contribution in [2.75, 3.05) is 0 Å². The van der Waals surface area contributed by atoms with Gasteiger partial charge in [-0.05, 0) is 60.8 Å². The van der Waals surface area contributed by atoms with E-state index in [1.807, 2.05) is 6.92 Å². The van der Waals surface area contributed by atoms with Gasteiger partial charge in [-0.1, -0.05) is 27.2 Å². The van der Waals surface area contributed by atoms with Crippen LogP contribution in [0.1, 0.15) is 50.4 Å². The number of benzene rings is 1. The minimum absolute atomic E-state index is 0.117. The summed E-state index contributed by atoms with van der Waals surface area (Å²) in [7, 11) is 0. The van der Waals surface area contributed by atoms with Crippen LogP contribution in [0.5, 0.6) is 0 Å². The minimum atomic E-state index is -0.117. The van der Waals surface area contributed by atoms with Crippen molar-refractivity contribution < 1.29 is 4.39 Å². The fraction of sp³-hybridized carbons (Fsp3) is 0.556. The second kappa shape index (κ2) is 4.61. The molecule has 2 aromatic rings. The molecular weight excluding hydrogens is 249 g/mol. The zero-order chi connectivity index (χ0) is 14.5. The van der Waals surface area contributed by atoms with Gasteiger partial charge >= 0.3 is 0 Å². The van der Waals surface area contributed by atoms with Crippen molar-refractivity contribution in [2.45, 2.75) is 53.4 Å². The average molecular weight is 273 g/mol. The van der Waals surface area contributed by atoms with Gasteiger partial charge < -0.3 is 4.98 Å². The normalized spacial score (nSPS) is 19.4. The summed E-state index contributed by atoms with van der Waals surface area (Å²) in [6.07, 6.45) is 4.61. The molecule has 0 amide bonds. The molecule has 0 saturated carbocycles. The Morgan fingerprint density at radius 3 is 2.80 bits per heavy atom. The molecule has 1 unspecified atom stereocenters. The maximum Gasteiger partial charge on any atom is 0.124 e. The third kappa shape index (κ3) is 2.06. The minimum Gasteiger partial charge on any atom is -0.358 e. The summed E-state index contributed by atoms with van der Waals surface area (Å²) in [5.41, 5.74) is 5.20. The second-order valence-corrected chi connectivity index (χ2v) is 7.01. The van der Waals surface area contributed by atoms with Gasteiger partial charge in [-0.15, -0.1) is 0 Å². The zero-order valence-electron chi connectivity index (χ0n) is 12.9. The van der Waals surface area contributed by atoms with Gasteiger partial charge in [0.05, 0.1) is 0 Å². The quantitative estimate of drug-likeness (QED) is 0.778. The van der Waals surface area contributed by atoms with Crippen LogP contribution in [0.2, 0.25) is 0 Å². The Bertz CT molecular complexity index is 651. The molecule has 1 aromatic heterocycles. The van der Waals surface area contributed by atoms with E-state index in [2.05, 4.69) is 25.8 Å². The molecule has 0 fully saturated rings. The summed E-state index contributed by atoms with van der Waals surface area (Å²) in [4.78, 5) is 3.53. The van der Waals surface area contributed by atoms with Crippen molar-refractivity contribution in [3.05, 3.63) is 34.8 Å². The van der Waals surface area contributed by atoms with Crippen molar-refractivity contribution in [3.8, 4) is 0 Å². The third-order valence-electron chi connectivity index (χ3n) is 5.48. The lowest BCUT2D eigenvalue weighted by Crippen LogP contribution is -2.28. The van der Waals surface area contributed by atoms with Crippen LogP contribution >= 0.6 is 0 Å². The zero-order valence-corrected chi connectivity index (χ0v) is 12.9. The van der Waals surface area contributed by atoms with Gasteiger partial charge in [0.15, 0.2) is 0 Å². The molecule has 3 rings (SSSR count). The Labute approximate surface area is 120 Å². The van der Waals surface area contributed by atoms with E-state index in [0.29, 0.717) is 11.3 Å². The predicted molar refractivity (Wildman–Crippen MR) is 82.6 cm³/mol. The highest BCUT2D eigenvalue weighted by molar-refractivity contribution is 5.87. The van der Waals surface area contributed by atoms with Crippen molar-refractivity contribution in [1.82, 2.24) is 4.98 Å². The first-order valence-corrected chi connectivity index (χ1v) is 7.72. The van der Waals surface area contributed by atoms with Crippen molar-refractivity contribution >= 4 is 10.9 Å². The Morgan fingerprint density at radius 2 is 2.10 bits per heavy atom. The summed E-state index contributed by atoms with van der Waals surface area (Å²) < 4.78 is 13.7. The van der Waals surface area contributed by atoms with Gasteiger partial charge in [0.2, 0.25) is 0 Å². The molecule has 0 spiro atoms. The van der Waals surface area contributed by atoms with Crippen LogP contribution in [0.15, 0.2) is 12.1 Å². The Balaban J connectivity index is 2.09. The van der Waals surface area contributed by atoms with Crippen molar-refractivity contribution in [2.24, 2.45) is 11.3 Å². The molecule has 2 heteroatoms. The van der Waals surface area contributed by atoms with E-state index in [9.17, 15) is 4.39 Å². The molecule has 1 nitrogen and oxygen atoms in total. The van der Waals surface area contributed by atoms with E-state index in [1.54, 1.807) is 12.1 Å². The van der Waals surface area contributed by atoms with Crippen LogP contribution in [0.3, 0.4) is 0 Å². The number of halogens is 1. The molecule has 108 valence electrons. The Hall–Kier alpha value is -1.31. The average Bonchev–Trinajstić information content (AvgIpc) is 2.77. The molecule has 0 saturated heterocycles. The van der Waals surface area contributed by atoms with Crippen LogP contribution in [-0.4, -0.2) is 4.98 Å².